The van der Waals surface area contributed by atoms with Crippen molar-refractivity contribution in [2.75, 3.05) is 0 Å². The van der Waals surface area contributed by atoms with Gasteiger partial charge in [0.05, 0.1) is 0 Å². The maximum absolute atomic E-state index is 3.74. The van der Waals surface area contributed by atoms with E-state index < -0.39 is 0 Å². The molecule has 1 N–H and O–H groups in total. The molecule has 0 aromatic carbocycles. The first kappa shape index (κ1) is 8.55. The standard InChI is InChI=1S/C11H21N/c1-8-3-6-11-10(7-8)5-4-9(2)12-11/h8-12H,3-7H2,1-2H3/t8-,9+,10-,11-/m0/s1. The smallest absolute Gasteiger partial charge is 0.00980 e. The number of fused-ring (bicyclic) bond motifs is 1. The van der Waals surface area contributed by atoms with Crippen LogP contribution in [-0.2, 0) is 0 Å². The first-order chi connectivity index (χ1) is 5.75. The molecule has 0 radical (unpaired) electrons. The number of nitrogens with one attached hydrogen (secondary N) is 1. The van der Waals surface area contributed by atoms with E-state index in [4.69, 9.17) is 0 Å². The van der Waals surface area contributed by atoms with Crippen LogP contribution in [0.1, 0.15) is 46.0 Å². The summed E-state index contributed by atoms with van der Waals surface area (Å²) in [6.45, 7) is 4.74. The van der Waals surface area contributed by atoms with Gasteiger partial charge in [-0.05, 0) is 50.9 Å². The highest BCUT2D eigenvalue weighted by molar-refractivity contribution is 4.89. The van der Waals surface area contributed by atoms with Crippen LogP contribution in [0.4, 0.5) is 0 Å². The summed E-state index contributed by atoms with van der Waals surface area (Å²) in [5.74, 6) is 1.99. The SMILES string of the molecule is C[C@H]1CC[C@@H]2N[C@H](C)CC[C@H]2C1. The molecular formula is C11H21N. The maximum atomic E-state index is 3.74. The van der Waals surface area contributed by atoms with Crippen molar-refractivity contribution in [3.05, 3.63) is 0 Å². The van der Waals surface area contributed by atoms with Gasteiger partial charge in [0.1, 0.15) is 0 Å². The van der Waals surface area contributed by atoms with Gasteiger partial charge in [0.15, 0.2) is 0 Å². The first-order valence-corrected chi connectivity index (χ1v) is 5.51. The van der Waals surface area contributed by atoms with Crippen LogP contribution in [0.15, 0.2) is 0 Å². The molecule has 1 saturated heterocycles. The van der Waals surface area contributed by atoms with Crippen molar-refractivity contribution in [1.29, 1.82) is 0 Å². The quantitative estimate of drug-likeness (QED) is 0.584. The van der Waals surface area contributed by atoms with Crippen molar-refractivity contribution in [2.24, 2.45) is 11.8 Å². The Bertz CT molecular complexity index is 137. The molecule has 1 aliphatic heterocycles. The molecule has 0 aromatic heterocycles. The number of piperidine rings is 1. The molecule has 2 fully saturated rings. The Balaban J connectivity index is 1.94. The molecule has 70 valence electrons. The van der Waals surface area contributed by atoms with Gasteiger partial charge < -0.3 is 5.32 Å². The number of rotatable bonds is 0. The largest absolute Gasteiger partial charge is 0.311 e. The van der Waals surface area contributed by atoms with E-state index in [1.807, 2.05) is 0 Å². The van der Waals surface area contributed by atoms with Crippen LogP contribution in [0.2, 0.25) is 0 Å². The van der Waals surface area contributed by atoms with Gasteiger partial charge in [0.25, 0.3) is 0 Å². The lowest BCUT2D eigenvalue weighted by Gasteiger charge is -2.41. The van der Waals surface area contributed by atoms with Crippen LogP contribution in [0.3, 0.4) is 0 Å². The summed E-state index contributed by atoms with van der Waals surface area (Å²) in [7, 11) is 0. The van der Waals surface area contributed by atoms with E-state index in [-0.39, 0.29) is 0 Å². The Labute approximate surface area is 75.9 Å². The van der Waals surface area contributed by atoms with Gasteiger partial charge in [-0.15, -0.1) is 0 Å². The number of hydrogen-bond donors (Lipinski definition) is 1. The Kier molecular flexibility index (Phi) is 2.40. The Morgan fingerprint density at radius 2 is 1.83 bits per heavy atom. The summed E-state index contributed by atoms with van der Waals surface area (Å²) in [6.07, 6.45) is 7.22. The van der Waals surface area contributed by atoms with Crippen molar-refractivity contribution in [3.63, 3.8) is 0 Å². The van der Waals surface area contributed by atoms with Crippen LogP contribution < -0.4 is 5.32 Å². The second kappa shape index (κ2) is 3.37. The Hall–Kier alpha value is -0.0400. The summed E-state index contributed by atoms with van der Waals surface area (Å²) in [5.41, 5.74) is 0. The second-order valence-electron chi connectivity index (χ2n) is 4.93. The molecule has 2 rings (SSSR count). The average Bonchev–Trinajstić information content (AvgIpc) is 2.05. The molecule has 1 aliphatic carbocycles. The van der Waals surface area contributed by atoms with E-state index in [0.29, 0.717) is 0 Å². The molecule has 2 aliphatic rings. The third-order valence-electron chi connectivity index (χ3n) is 3.71. The maximum Gasteiger partial charge on any atom is 0.00980 e. The summed E-state index contributed by atoms with van der Waals surface area (Å²) < 4.78 is 0. The normalized spacial score (nSPS) is 48.5. The van der Waals surface area contributed by atoms with Gasteiger partial charge in [-0.3, -0.25) is 0 Å². The fraction of sp³-hybridized carbons (Fsp3) is 1.00. The fourth-order valence-electron chi connectivity index (χ4n) is 2.95. The minimum Gasteiger partial charge on any atom is -0.311 e. The lowest BCUT2D eigenvalue weighted by atomic mass is 9.74. The highest BCUT2D eigenvalue weighted by Crippen LogP contribution is 2.34. The van der Waals surface area contributed by atoms with E-state index in [2.05, 4.69) is 19.2 Å². The molecular weight excluding hydrogens is 146 g/mol. The highest BCUT2D eigenvalue weighted by atomic mass is 15.0. The molecule has 1 nitrogen and oxygen atoms in total. The minimum absolute atomic E-state index is 0.777. The molecule has 1 heteroatoms. The zero-order chi connectivity index (χ0) is 8.55. The van der Waals surface area contributed by atoms with Crippen LogP contribution in [0, 0.1) is 11.8 Å². The van der Waals surface area contributed by atoms with Crippen LogP contribution in [0.5, 0.6) is 0 Å². The Morgan fingerprint density at radius 1 is 1.00 bits per heavy atom. The van der Waals surface area contributed by atoms with Crippen molar-refractivity contribution < 1.29 is 0 Å². The first-order valence-electron chi connectivity index (χ1n) is 5.51. The molecule has 0 amide bonds. The van der Waals surface area contributed by atoms with Gasteiger partial charge in [0.2, 0.25) is 0 Å². The predicted octanol–water partition coefficient (Wildman–Crippen LogP) is 2.56. The molecule has 12 heavy (non-hydrogen) atoms. The third-order valence-corrected chi connectivity index (χ3v) is 3.71. The second-order valence-corrected chi connectivity index (χ2v) is 4.93. The Morgan fingerprint density at radius 3 is 2.67 bits per heavy atom. The average molecular weight is 167 g/mol. The molecule has 4 atom stereocenters. The van der Waals surface area contributed by atoms with Crippen molar-refractivity contribution in [3.8, 4) is 0 Å². The summed E-state index contributed by atoms with van der Waals surface area (Å²) in [6, 6.07) is 1.64. The summed E-state index contributed by atoms with van der Waals surface area (Å²) in [5, 5.41) is 3.74. The zero-order valence-corrected chi connectivity index (χ0v) is 8.34. The molecule has 0 spiro atoms. The van der Waals surface area contributed by atoms with Gasteiger partial charge in [-0.1, -0.05) is 6.92 Å². The van der Waals surface area contributed by atoms with E-state index in [1.54, 1.807) is 0 Å². The van der Waals surface area contributed by atoms with Crippen molar-refractivity contribution >= 4 is 0 Å². The molecule has 0 unspecified atom stereocenters. The molecule has 1 heterocycles. The van der Waals surface area contributed by atoms with Crippen LogP contribution in [0.25, 0.3) is 0 Å². The van der Waals surface area contributed by atoms with E-state index in [1.165, 1.54) is 32.1 Å². The molecule has 0 aromatic rings. The monoisotopic (exact) mass is 167 g/mol. The van der Waals surface area contributed by atoms with Crippen LogP contribution in [-0.4, -0.2) is 12.1 Å². The topological polar surface area (TPSA) is 12.0 Å². The molecule has 1 saturated carbocycles. The van der Waals surface area contributed by atoms with Gasteiger partial charge in [-0.2, -0.15) is 0 Å². The van der Waals surface area contributed by atoms with Gasteiger partial charge >= 0.3 is 0 Å². The van der Waals surface area contributed by atoms with E-state index >= 15 is 0 Å². The minimum atomic E-state index is 0.777. The highest BCUT2D eigenvalue weighted by Gasteiger charge is 2.32. The summed E-state index contributed by atoms with van der Waals surface area (Å²) >= 11 is 0. The predicted molar refractivity (Wildman–Crippen MR) is 52.1 cm³/mol. The number of hydrogen-bond acceptors (Lipinski definition) is 1. The van der Waals surface area contributed by atoms with E-state index in [0.717, 1.165) is 23.9 Å². The van der Waals surface area contributed by atoms with Crippen LogP contribution >= 0.6 is 0 Å². The zero-order valence-electron chi connectivity index (χ0n) is 8.34. The summed E-state index contributed by atoms with van der Waals surface area (Å²) in [4.78, 5) is 0. The van der Waals surface area contributed by atoms with Crippen molar-refractivity contribution in [2.45, 2.75) is 58.0 Å². The van der Waals surface area contributed by atoms with E-state index in [9.17, 15) is 0 Å². The lowest BCUT2D eigenvalue weighted by molar-refractivity contribution is 0.151. The third kappa shape index (κ3) is 1.66. The fourth-order valence-corrected chi connectivity index (χ4v) is 2.95. The van der Waals surface area contributed by atoms with Gasteiger partial charge in [0, 0.05) is 12.1 Å². The van der Waals surface area contributed by atoms with Gasteiger partial charge in [-0.25, -0.2) is 0 Å². The lowest BCUT2D eigenvalue weighted by Crippen LogP contribution is -2.48. The van der Waals surface area contributed by atoms with Crippen molar-refractivity contribution in [1.82, 2.24) is 5.32 Å². The molecule has 0 bridgehead atoms.